The number of nitrogens with zero attached hydrogens (tertiary/aromatic N) is 4. The zero-order valence-electron chi connectivity index (χ0n) is 26.0. The molecule has 222 valence electrons. The van der Waals surface area contributed by atoms with Gasteiger partial charge >= 0.3 is 21.1 Å². The smallest absolute Gasteiger partial charge is 0.313 e. The summed E-state index contributed by atoms with van der Waals surface area (Å²) in [6.45, 7) is 13.6. The summed E-state index contributed by atoms with van der Waals surface area (Å²) in [5.74, 6) is 1.95. The predicted octanol–water partition coefficient (Wildman–Crippen LogP) is 8.88. The predicted molar refractivity (Wildman–Crippen MR) is 174 cm³/mol. The molecule has 6 aromatic rings. The van der Waals surface area contributed by atoms with Crippen molar-refractivity contribution in [3.63, 3.8) is 0 Å². The first kappa shape index (κ1) is 30.0. The second-order valence-corrected chi connectivity index (χ2v) is 13.1. The summed E-state index contributed by atoms with van der Waals surface area (Å²) < 4.78 is 4.50. The van der Waals surface area contributed by atoms with Gasteiger partial charge in [-0.25, -0.2) is 0 Å². The third-order valence-electron chi connectivity index (χ3n) is 9.65. The Morgan fingerprint density at radius 1 is 0.500 bits per heavy atom. The average Bonchev–Trinajstić information content (AvgIpc) is 3.69. The van der Waals surface area contributed by atoms with Crippen molar-refractivity contribution in [3.8, 4) is 33.9 Å². The van der Waals surface area contributed by atoms with Crippen molar-refractivity contribution in [2.24, 2.45) is 0 Å². The SMILES string of the molecule is CC1(C)c2[c-]c(ccc2)-c2cn(-c3ccccc3)c(n2)C(C)(C)C(C)(C)c2nc(cn2-c2ccccc2)-c2[c-]c1ccc2.[Pt+2]. The van der Waals surface area contributed by atoms with Gasteiger partial charge in [0.25, 0.3) is 0 Å². The van der Waals surface area contributed by atoms with Gasteiger partial charge in [0.2, 0.25) is 0 Å². The Labute approximate surface area is 275 Å². The molecule has 0 fully saturated rings. The van der Waals surface area contributed by atoms with Crippen LogP contribution in [0.4, 0.5) is 0 Å². The summed E-state index contributed by atoms with van der Waals surface area (Å²) in [6.07, 6.45) is 4.33. The second kappa shape index (κ2) is 10.9. The Balaban J connectivity index is 0.00000343. The van der Waals surface area contributed by atoms with E-state index < -0.39 is 10.8 Å². The van der Waals surface area contributed by atoms with Crippen LogP contribution in [0.15, 0.2) is 109 Å². The molecule has 7 rings (SSSR count). The molecule has 0 radical (unpaired) electrons. The fraction of sp³-hybridized carbons (Fsp3) is 0.231. The van der Waals surface area contributed by atoms with Gasteiger partial charge < -0.3 is 9.13 Å². The molecular formula is C39H36N4Pt. The molecule has 4 nitrogen and oxygen atoms in total. The van der Waals surface area contributed by atoms with E-state index in [0.29, 0.717) is 0 Å². The number of imidazole rings is 2. The molecule has 8 bridgehead atoms. The summed E-state index contributed by atoms with van der Waals surface area (Å²) in [4.78, 5) is 10.8. The van der Waals surface area contributed by atoms with E-state index in [4.69, 9.17) is 9.97 Å². The van der Waals surface area contributed by atoms with Gasteiger partial charge in [0.1, 0.15) is 11.6 Å². The number of hydrogen-bond acceptors (Lipinski definition) is 2. The van der Waals surface area contributed by atoms with Crippen molar-refractivity contribution >= 4 is 0 Å². The number of fused-ring (bicyclic) bond motifs is 10. The molecular weight excluding hydrogens is 720 g/mol. The molecule has 0 saturated heterocycles. The Bertz CT molecular complexity index is 1800. The van der Waals surface area contributed by atoms with E-state index in [1.54, 1.807) is 0 Å². The van der Waals surface area contributed by atoms with Gasteiger partial charge in [0.05, 0.1) is 0 Å². The van der Waals surface area contributed by atoms with Crippen LogP contribution in [0.25, 0.3) is 33.9 Å². The Kier molecular flexibility index (Phi) is 7.41. The van der Waals surface area contributed by atoms with Crippen LogP contribution in [-0.4, -0.2) is 19.1 Å². The first-order valence-electron chi connectivity index (χ1n) is 14.9. The molecule has 0 atom stereocenters. The summed E-state index contributed by atoms with van der Waals surface area (Å²) in [7, 11) is 0. The van der Waals surface area contributed by atoms with E-state index in [2.05, 4.69) is 172 Å². The van der Waals surface area contributed by atoms with Crippen LogP contribution < -0.4 is 0 Å². The molecule has 5 heteroatoms. The zero-order chi connectivity index (χ0) is 30.0. The Morgan fingerprint density at radius 3 is 1.27 bits per heavy atom. The van der Waals surface area contributed by atoms with E-state index in [1.165, 1.54) is 0 Å². The van der Waals surface area contributed by atoms with Gasteiger partial charge in [-0.1, -0.05) is 77.9 Å². The second-order valence-electron chi connectivity index (χ2n) is 13.1. The van der Waals surface area contributed by atoms with Crippen molar-refractivity contribution in [2.45, 2.75) is 57.8 Å². The molecule has 3 heterocycles. The summed E-state index contributed by atoms with van der Waals surface area (Å²) in [5, 5.41) is 0. The Morgan fingerprint density at radius 2 is 0.886 bits per heavy atom. The van der Waals surface area contributed by atoms with Gasteiger partial charge in [0, 0.05) is 33.6 Å². The van der Waals surface area contributed by atoms with Crippen LogP contribution in [0, 0.1) is 12.1 Å². The van der Waals surface area contributed by atoms with Crippen molar-refractivity contribution in [2.75, 3.05) is 0 Å². The van der Waals surface area contributed by atoms with E-state index in [-0.39, 0.29) is 26.5 Å². The van der Waals surface area contributed by atoms with Gasteiger partial charge in [0.15, 0.2) is 0 Å². The molecule has 0 saturated carbocycles. The summed E-state index contributed by atoms with van der Waals surface area (Å²) in [6, 6.07) is 41.3. The molecule has 0 N–H and O–H groups in total. The fourth-order valence-electron chi connectivity index (χ4n) is 6.14. The minimum Gasteiger partial charge on any atom is -0.313 e. The zero-order valence-corrected chi connectivity index (χ0v) is 28.3. The van der Waals surface area contributed by atoms with Gasteiger partial charge in [-0.15, -0.1) is 70.8 Å². The van der Waals surface area contributed by atoms with Crippen molar-refractivity contribution < 1.29 is 21.1 Å². The molecule has 2 aromatic heterocycles. The molecule has 0 amide bonds. The van der Waals surface area contributed by atoms with Crippen molar-refractivity contribution in [1.82, 2.24) is 19.1 Å². The van der Waals surface area contributed by atoms with Gasteiger partial charge in [-0.05, 0) is 42.1 Å². The first-order chi connectivity index (χ1) is 20.6. The van der Waals surface area contributed by atoms with Crippen molar-refractivity contribution in [3.05, 3.63) is 144 Å². The fourth-order valence-corrected chi connectivity index (χ4v) is 6.14. The standard InChI is InChI=1S/C39H36N4.Pt/c1-37(2)29-17-13-15-27(23-29)33-25-42(31-19-9-7-10-20-31)35(40-33)38(3,4)39(5,6)36-41-34(28-16-14-18-30(37)24-28)26-43(36)32-21-11-8-12-22-32;/h7-22,25-26H,1-6H3;/q-2;+2. The third-order valence-corrected chi connectivity index (χ3v) is 9.65. The minimum absolute atomic E-state index is 0. The van der Waals surface area contributed by atoms with Crippen LogP contribution in [0.5, 0.6) is 0 Å². The normalized spacial score (nSPS) is 15.9. The maximum absolute atomic E-state index is 5.41. The first-order valence-corrected chi connectivity index (χ1v) is 14.9. The molecule has 0 unspecified atom stereocenters. The molecule has 44 heavy (non-hydrogen) atoms. The maximum atomic E-state index is 5.41. The van der Waals surface area contributed by atoms with E-state index in [0.717, 1.165) is 56.7 Å². The van der Waals surface area contributed by atoms with Crippen LogP contribution in [0.2, 0.25) is 0 Å². The topological polar surface area (TPSA) is 35.6 Å². The maximum Gasteiger partial charge on any atom is 2.00 e. The minimum atomic E-state index is -0.446. The van der Waals surface area contributed by atoms with Crippen LogP contribution in [0.1, 0.15) is 64.3 Å². The molecule has 0 aliphatic carbocycles. The van der Waals surface area contributed by atoms with E-state index >= 15 is 0 Å². The van der Waals surface area contributed by atoms with E-state index in [9.17, 15) is 0 Å². The molecule has 4 aromatic carbocycles. The number of rotatable bonds is 2. The molecule has 0 spiro atoms. The Hall–Kier alpha value is -4.01. The van der Waals surface area contributed by atoms with E-state index in [1.807, 2.05) is 0 Å². The molecule has 1 aliphatic rings. The number of para-hydroxylation sites is 2. The van der Waals surface area contributed by atoms with Crippen molar-refractivity contribution in [1.29, 1.82) is 0 Å². The number of hydrogen-bond donors (Lipinski definition) is 0. The summed E-state index contributed by atoms with van der Waals surface area (Å²) in [5.41, 5.74) is 6.89. The average molecular weight is 756 g/mol. The quantitative estimate of drug-likeness (QED) is 0.166. The number of benzene rings is 4. The summed E-state index contributed by atoms with van der Waals surface area (Å²) >= 11 is 0. The number of aromatic nitrogens is 4. The van der Waals surface area contributed by atoms with Crippen LogP contribution in [0.3, 0.4) is 0 Å². The van der Waals surface area contributed by atoms with Crippen LogP contribution >= 0.6 is 0 Å². The largest absolute Gasteiger partial charge is 2.00 e. The van der Waals surface area contributed by atoms with Crippen LogP contribution in [-0.2, 0) is 37.3 Å². The van der Waals surface area contributed by atoms with Gasteiger partial charge in [-0.3, -0.25) is 9.97 Å². The third kappa shape index (κ3) is 4.72. The molecule has 1 aliphatic heterocycles. The monoisotopic (exact) mass is 755 g/mol. The van der Waals surface area contributed by atoms with Gasteiger partial charge in [-0.2, -0.15) is 0 Å².